The second kappa shape index (κ2) is 6.52. The number of rotatable bonds is 3. The van der Waals surface area contributed by atoms with Gasteiger partial charge in [0.25, 0.3) is 10.2 Å². The summed E-state index contributed by atoms with van der Waals surface area (Å²) in [7, 11) is -3.30. The van der Waals surface area contributed by atoms with Crippen molar-refractivity contribution in [3.8, 4) is 0 Å². The van der Waals surface area contributed by atoms with Crippen molar-refractivity contribution in [3.63, 3.8) is 0 Å². The first-order valence-electron chi connectivity index (χ1n) is 8.50. The summed E-state index contributed by atoms with van der Waals surface area (Å²) >= 11 is 0. The van der Waals surface area contributed by atoms with Crippen molar-refractivity contribution in [2.75, 3.05) is 26.2 Å². The van der Waals surface area contributed by atoms with Gasteiger partial charge in [0.15, 0.2) is 0 Å². The normalized spacial score (nSPS) is 33.8. The van der Waals surface area contributed by atoms with Crippen LogP contribution in [0.1, 0.15) is 51.4 Å². The lowest BCUT2D eigenvalue weighted by Crippen LogP contribution is -2.55. The molecule has 0 aromatic heterocycles. The van der Waals surface area contributed by atoms with E-state index in [9.17, 15) is 13.5 Å². The van der Waals surface area contributed by atoms with Gasteiger partial charge in [0.2, 0.25) is 0 Å². The summed E-state index contributed by atoms with van der Waals surface area (Å²) in [6.45, 7) is 2.02. The minimum atomic E-state index is -3.30. The zero-order valence-corrected chi connectivity index (χ0v) is 13.6. The summed E-state index contributed by atoms with van der Waals surface area (Å²) in [5.74, 6) is 0.859. The maximum absolute atomic E-state index is 13.0. The third-order valence-electron chi connectivity index (χ3n) is 5.65. The average molecular weight is 316 g/mol. The van der Waals surface area contributed by atoms with Crippen LogP contribution in [0.2, 0.25) is 0 Å². The van der Waals surface area contributed by atoms with E-state index in [1.807, 2.05) is 4.31 Å². The maximum Gasteiger partial charge on any atom is 0.282 e. The predicted molar refractivity (Wildman–Crippen MR) is 82.0 cm³/mol. The van der Waals surface area contributed by atoms with E-state index in [1.165, 1.54) is 25.7 Å². The Morgan fingerprint density at radius 3 is 2.29 bits per heavy atom. The molecule has 2 heterocycles. The van der Waals surface area contributed by atoms with Gasteiger partial charge in [0.05, 0.1) is 0 Å². The SMILES string of the molecule is O=S(=O)(N1CCC(CO)CC1)N1CCC[C@H]2CCCC[C@H]21. The van der Waals surface area contributed by atoms with Crippen molar-refractivity contribution in [1.29, 1.82) is 0 Å². The fraction of sp³-hybridized carbons (Fsp3) is 1.00. The van der Waals surface area contributed by atoms with Gasteiger partial charge in [-0.3, -0.25) is 0 Å². The minimum Gasteiger partial charge on any atom is -0.396 e. The first kappa shape index (κ1) is 15.7. The lowest BCUT2D eigenvalue weighted by molar-refractivity contribution is 0.114. The van der Waals surface area contributed by atoms with E-state index in [0.717, 1.165) is 25.7 Å². The zero-order chi connectivity index (χ0) is 14.9. The molecule has 0 amide bonds. The topological polar surface area (TPSA) is 60.9 Å². The highest BCUT2D eigenvalue weighted by Gasteiger charge is 2.42. The zero-order valence-electron chi connectivity index (χ0n) is 12.8. The molecule has 2 saturated heterocycles. The molecule has 0 spiro atoms. The Morgan fingerprint density at radius 1 is 0.905 bits per heavy atom. The van der Waals surface area contributed by atoms with Crippen LogP contribution in [0.25, 0.3) is 0 Å². The predicted octanol–water partition coefficient (Wildman–Crippen LogP) is 1.59. The molecule has 6 heteroatoms. The Bertz CT molecular complexity index is 444. The van der Waals surface area contributed by atoms with Crippen molar-refractivity contribution in [3.05, 3.63) is 0 Å². The van der Waals surface area contributed by atoms with Crippen LogP contribution >= 0.6 is 0 Å². The van der Waals surface area contributed by atoms with E-state index in [2.05, 4.69) is 0 Å². The van der Waals surface area contributed by atoms with Crippen molar-refractivity contribution in [1.82, 2.24) is 8.61 Å². The molecule has 0 aromatic rings. The van der Waals surface area contributed by atoms with Crippen LogP contribution in [0.15, 0.2) is 0 Å². The summed E-state index contributed by atoms with van der Waals surface area (Å²) in [5.41, 5.74) is 0. The van der Waals surface area contributed by atoms with E-state index in [4.69, 9.17) is 0 Å². The highest BCUT2D eigenvalue weighted by molar-refractivity contribution is 7.86. The van der Waals surface area contributed by atoms with Gasteiger partial charge in [0.1, 0.15) is 0 Å². The molecule has 3 rings (SSSR count). The van der Waals surface area contributed by atoms with Crippen molar-refractivity contribution < 1.29 is 13.5 Å². The minimum absolute atomic E-state index is 0.183. The van der Waals surface area contributed by atoms with Crippen molar-refractivity contribution in [2.24, 2.45) is 11.8 Å². The van der Waals surface area contributed by atoms with E-state index >= 15 is 0 Å². The Kier molecular flexibility index (Phi) is 4.88. The molecule has 122 valence electrons. The molecular weight excluding hydrogens is 288 g/mol. The number of hydrogen-bond donors (Lipinski definition) is 1. The molecule has 0 bridgehead atoms. The Hall–Kier alpha value is -0.170. The van der Waals surface area contributed by atoms with Crippen molar-refractivity contribution >= 4 is 10.2 Å². The highest BCUT2D eigenvalue weighted by Crippen LogP contribution is 2.37. The van der Waals surface area contributed by atoms with Gasteiger partial charge < -0.3 is 5.11 Å². The summed E-state index contributed by atoms with van der Waals surface area (Å²) < 4.78 is 29.4. The largest absolute Gasteiger partial charge is 0.396 e. The summed E-state index contributed by atoms with van der Waals surface area (Å²) in [4.78, 5) is 0. The molecule has 3 fully saturated rings. The van der Waals surface area contributed by atoms with Crippen LogP contribution < -0.4 is 0 Å². The Balaban J connectivity index is 1.71. The van der Waals surface area contributed by atoms with Crippen LogP contribution in [-0.2, 0) is 10.2 Å². The highest BCUT2D eigenvalue weighted by atomic mass is 32.2. The number of piperidine rings is 2. The molecular formula is C15H28N2O3S. The fourth-order valence-corrected chi connectivity index (χ4v) is 6.28. The molecule has 0 aromatic carbocycles. The first-order valence-corrected chi connectivity index (χ1v) is 9.90. The van der Waals surface area contributed by atoms with Gasteiger partial charge in [-0.15, -0.1) is 0 Å². The van der Waals surface area contributed by atoms with E-state index in [0.29, 0.717) is 25.6 Å². The van der Waals surface area contributed by atoms with Crippen LogP contribution in [0.4, 0.5) is 0 Å². The van der Waals surface area contributed by atoms with Crippen LogP contribution in [0, 0.1) is 11.8 Å². The molecule has 2 aliphatic heterocycles. The summed E-state index contributed by atoms with van der Waals surface area (Å²) in [6.07, 6.45) is 8.45. The van der Waals surface area contributed by atoms with Gasteiger partial charge in [-0.2, -0.15) is 17.0 Å². The molecule has 0 radical (unpaired) electrons. The molecule has 1 saturated carbocycles. The van der Waals surface area contributed by atoms with Gasteiger partial charge in [-0.05, 0) is 50.4 Å². The molecule has 1 aliphatic carbocycles. The number of nitrogens with zero attached hydrogens (tertiary/aromatic N) is 2. The molecule has 5 nitrogen and oxygen atoms in total. The lowest BCUT2D eigenvalue weighted by Gasteiger charge is -2.45. The average Bonchev–Trinajstić information content (AvgIpc) is 2.54. The Labute approximate surface area is 128 Å². The molecule has 0 unspecified atom stereocenters. The quantitative estimate of drug-likeness (QED) is 0.860. The lowest BCUT2D eigenvalue weighted by atomic mass is 9.79. The van der Waals surface area contributed by atoms with Gasteiger partial charge >= 0.3 is 0 Å². The van der Waals surface area contributed by atoms with Crippen LogP contribution in [0.5, 0.6) is 0 Å². The number of aliphatic hydroxyl groups is 1. The third kappa shape index (κ3) is 3.14. The van der Waals surface area contributed by atoms with Crippen LogP contribution in [-0.4, -0.2) is 54.4 Å². The summed E-state index contributed by atoms with van der Waals surface area (Å²) in [6, 6.07) is 0.244. The van der Waals surface area contributed by atoms with Crippen molar-refractivity contribution in [2.45, 2.75) is 57.4 Å². The standard InChI is InChI=1S/C15H28N2O3S/c18-12-13-7-10-16(11-8-13)21(19,20)17-9-3-5-14-4-1-2-6-15(14)17/h13-15,18H,1-12H2/t14-,15-/m1/s1. The van der Waals surface area contributed by atoms with E-state index in [-0.39, 0.29) is 18.6 Å². The fourth-order valence-electron chi connectivity index (χ4n) is 4.34. The van der Waals surface area contributed by atoms with E-state index < -0.39 is 10.2 Å². The number of fused-ring (bicyclic) bond motifs is 1. The van der Waals surface area contributed by atoms with Crippen LogP contribution in [0.3, 0.4) is 0 Å². The molecule has 21 heavy (non-hydrogen) atoms. The smallest absolute Gasteiger partial charge is 0.282 e. The second-order valence-electron chi connectivity index (χ2n) is 6.90. The monoisotopic (exact) mass is 316 g/mol. The second-order valence-corrected chi connectivity index (χ2v) is 8.78. The molecule has 3 aliphatic rings. The first-order chi connectivity index (χ1) is 10.1. The third-order valence-corrected chi connectivity index (χ3v) is 7.71. The van der Waals surface area contributed by atoms with E-state index in [1.54, 1.807) is 4.31 Å². The van der Waals surface area contributed by atoms with Gasteiger partial charge in [-0.1, -0.05) is 12.8 Å². The number of aliphatic hydroxyl groups excluding tert-OH is 1. The Morgan fingerprint density at radius 2 is 1.57 bits per heavy atom. The molecule has 2 atom stereocenters. The molecule has 1 N–H and O–H groups in total. The summed E-state index contributed by atoms with van der Waals surface area (Å²) in [5, 5.41) is 9.20. The van der Waals surface area contributed by atoms with Gasteiger partial charge in [0, 0.05) is 32.3 Å². The number of hydrogen-bond acceptors (Lipinski definition) is 3. The maximum atomic E-state index is 13.0. The van der Waals surface area contributed by atoms with Gasteiger partial charge in [-0.25, -0.2) is 0 Å².